The topological polar surface area (TPSA) is 52.0 Å². The van der Waals surface area contributed by atoms with E-state index < -0.39 is 0 Å². The van der Waals surface area contributed by atoms with Gasteiger partial charge >= 0.3 is 0 Å². The van der Waals surface area contributed by atoms with E-state index in [0.717, 1.165) is 29.7 Å². The number of aromatic nitrogens is 1. The number of hydrogen-bond donors (Lipinski definition) is 1. The highest BCUT2D eigenvalue weighted by molar-refractivity contribution is 5.74. The molecule has 90 valence electrons. The zero-order chi connectivity index (χ0) is 12.3. The van der Waals surface area contributed by atoms with Gasteiger partial charge in [-0.2, -0.15) is 0 Å². The second kappa shape index (κ2) is 5.04. The van der Waals surface area contributed by atoms with Crippen molar-refractivity contribution in [2.24, 2.45) is 5.92 Å². The average Bonchev–Trinajstić information content (AvgIpc) is 2.71. The molecule has 1 unspecified atom stereocenters. The van der Waals surface area contributed by atoms with E-state index in [4.69, 9.17) is 10.3 Å². The largest absolute Gasteiger partial charge is 0.367 e. The van der Waals surface area contributed by atoms with Crippen LogP contribution in [0.2, 0.25) is 0 Å². The van der Waals surface area contributed by atoms with Crippen LogP contribution >= 0.6 is 0 Å². The molecule has 0 saturated carbocycles. The van der Waals surface area contributed by atoms with Gasteiger partial charge in [-0.3, -0.25) is 0 Å². The van der Waals surface area contributed by atoms with Crippen LogP contribution in [0.4, 0.5) is 5.88 Å². The Bertz CT molecular complexity index is 476. The van der Waals surface area contributed by atoms with E-state index in [2.05, 4.69) is 19.0 Å². The van der Waals surface area contributed by atoms with Crippen molar-refractivity contribution in [1.82, 2.24) is 5.16 Å². The van der Waals surface area contributed by atoms with E-state index in [1.807, 2.05) is 30.3 Å². The lowest BCUT2D eigenvalue weighted by Crippen LogP contribution is -2.00. The van der Waals surface area contributed by atoms with Crippen molar-refractivity contribution in [3.8, 4) is 11.1 Å². The Kier molecular flexibility index (Phi) is 3.47. The van der Waals surface area contributed by atoms with E-state index in [9.17, 15) is 0 Å². The molecule has 1 aromatic carbocycles. The first kappa shape index (κ1) is 11.7. The molecule has 0 aliphatic carbocycles. The number of rotatable bonds is 4. The maximum Gasteiger partial charge on any atom is 0.230 e. The Balaban J connectivity index is 2.36. The molecule has 0 aliphatic heterocycles. The molecule has 2 aromatic rings. The molecule has 0 saturated heterocycles. The summed E-state index contributed by atoms with van der Waals surface area (Å²) in [6, 6.07) is 10.0. The van der Waals surface area contributed by atoms with Crippen molar-refractivity contribution >= 4 is 5.88 Å². The minimum absolute atomic E-state index is 0.412. The summed E-state index contributed by atoms with van der Waals surface area (Å²) >= 11 is 0. The maximum atomic E-state index is 5.86. The summed E-state index contributed by atoms with van der Waals surface area (Å²) in [7, 11) is 0. The monoisotopic (exact) mass is 230 g/mol. The zero-order valence-electron chi connectivity index (χ0n) is 10.3. The number of hydrogen-bond acceptors (Lipinski definition) is 3. The summed E-state index contributed by atoms with van der Waals surface area (Å²) < 4.78 is 5.12. The summed E-state index contributed by atoms with van der Waals surface area (Å²) in [6.45, 7) is 4.38. The van der Waals surface area contributed by atoms with Gasteiger partial charge in [0.15, 0.2) is 0 Å². The van der Waals surface area contributed by atoms with E-state index >= 15 is 0 Å². The van der Waals surface area contributed by atoms with Gasteiger partial charge in [0, 0.05) is 0 Å². The quantitative estimate of drug-likeness (QED) is 0.874. The highest BCUT2D eigenvalue weighted by Gasteiger charge is 2.16. The van der Waals surface area contributed by atoms with Gasteiger partial charge in [-0.1, -0.05) is 55.8 Å². The van der Waals surface area contributed by atoms with Crippen molar-refractivity contribution in [2.75, 3.05) is 5.73 Å². The van der Waals surface area contributed by atoms with Crippen LogP contribution in [0.1, 0.15) is 26.0 Å². The molecule has 1 atom stereocenters. The molecule has 0 aliphatic rings. The lowest BCUT2D eigenvalue weighted by atomic mass is 9.97. The standard InChI is InChI=1S/C14H18N2O/c1-3-10(2)9-12-13(14(15)17-16-12)11-7-5-4-6-8-11/h4-8,10H,3,9,15H2,1-2H3. The summed E-state index contributed by atoms with van der Waals surface area (Å²) in [5.41, 5.74) is 8.85. The maximum absolute atomic E-state index is 5.86. The molecule has 1 aromatic heterocycles. The van der Waals surface area contributed by atoms with Crippen LogP contribution in [-0.4, -0.2) is 5.16 Å². The SMILES string of the molecule is CCC(C)Cc1noc(N)c1-c1ccccc1. The second-order valence-corrected chi connectivity index (χ2v) is 4.45. The first-order valence-electron chi connectivity index (χ1n) is 6.01. The predicted molar refractivity (Wildman–Crippen MR) is 69.5 cm³/mol. The van der Waals surface area contributed by atoms with E-state index in [-0.39, 0.29) is 0 Å². The predicted octanol–water partition coefficient (Wildman–Crippen LogP) is 3.51. The van der Waals surface area contributed by atoms with E-state index in [1.54, 1.807) is 0 Å². The molecule has 0 bridgehead atoms. The van der Waals surface area contributed by atoms with Crippen LogP contribution in [0.25, 0.3) is 11.1 Å². The molecule has 2 rings (SSSR count). The third-order valence-corrected chi connectivity index (χ3v) is 3.09. The fourth-order valence-corrected chi connectivity index (χ4v) is 1.87. The van der Waals surface area contributed by atoms with Gasteiger partial charge in [-0.05, 0) is 17.9 Å². The van der Waals surface area contributed by atoms with Crippen molar-refractivity contribution in [3.63, 3.8) is 0 Å². The highest BCUT2D eigenvalue weighted by Crippen LogP contribution is 2.31. The minimum Gasteiger partial charge on any atom is -0.367 e. The Morgan fingerprint density at radius 3 is 2.65 bits per heavy atom. The van der Waals surface area contributed by atoms with Crippen LogP contribution in [0.5, 0.6) is 0 Å². The number of anilines is 1. The van der Waals surface area contributed by atoms with E-state index in [1.165, 1.54) is 0 Å². The molecule has 0 amide bonds. The Labute approximate surface area is 102 Å². The van der Waals surface area contributed by atoms with Crippen LogP contribution in [-0.2, 0) is 6.42 Å². The third kappa shape index (κ3) is 2.49. The summed E-state index contributed by atoms with van der Waals surface area (Å²) in [5, 5.41) is 4.08. The molecular weight excluding hydrogens is 212 g/mol. The molecule has 0 radical (unpaired) electrons. The molecule has 2 N–H and O–H groups in total. The minimum atomic E-state index is 0.412. The number of benzene rings is 1. The van der Waals surface area contributed by atoms with Crippen molar-refractivity contribution in [3.05, 3.63) is 36.0 Å². The molecular formula is C14H18N2O. The molecule has 1 heterocycles. The molecule has 3 nitrogen and oxygen atoms in total. The van der Waals surface area contributed by atoms with Crippen LogP contribution in [0.15, 0.2) is 34.9 Å². The van der Waals surface area contributed by atoms with Crippen molar-refractivity contribution in [1.29, 1.82) is 0 Å². The fourth-order valence-electron chi connectivity index (χ4n) is 1.87. The zero-order valence-corrected chi connectivity index (χ0v) is 10.3. The normalized spacial score (nSPS) is 12.6. The highest BCUT2D eigenvalue weighted by atomic mass is 16.5. The van der Waals surface area contributed by atoms with E-state index in [0.29, 0.717) is 11.8 Å². The van der Waals surface area contributed by atoms with Crippen LogP contribution < -0.4 is 5.73 Å². The fraction of sp³-hybridized carbons (Fsp3) is 0.357. The summed E-state index contributed by atoms with van der Waals surface area (Å²) in [6.07, 6.45) is 2.03. The van der Waals surface area contributed by atoms with Gasteiger partial charge in [-0.15, -0.1) is 0 Å². The first-order chi connectivity index (χ1) is 8.22. The van der Waals surface area contributed by atoms with Crippen LogP contribution in [0.3, 0.4) is 0 Å². The van der Waals surface area contributed by atoms with Crippen molar-refractivity contribution < 1.29 is 4.52 Å². The average molecular weight is 230 g/mol. The second-order valence-electron chi connectivity index (χ2n) is 4.45. The smallest absolute Gasteiger partial charge is 0.230 e. The molecule has 3 heteroatoms. The molecule has 0 fully saturated rings. The Hall–Kier alpha value is -1.77. The molecule has 0 spiro atoms. The number of nitrogens with two attached hydrogens (primary N) is 1. The molecule has 17 heavy (non-hydrogen) atoms. The lowest BCUT2D eigenvalue weighted by molar-refractivity contribution is 0.418. The Morgan fingerprint density at radius 2 is 2.00 bits per heavy atom. The van der Waals surface area contributed by atoms with Gasteiger partial charge in [0.05, 0.1) is 11.3 Å². The lowest BCUT2D eigenvalue weighted by Gasteiger charge is -2.07. The van der Waals surface area contributed by atoms with Gasteiger partial charge < -0.3 is 10.3 Å². The first-order valence-corrected chi connectivity index (χ1v) is 6.01. The number of nitrogen functional groups attached to an aromatic ring is 1. The van der Waals surface area contributed by atoms with Crippen LogP contribution in [0, 0.1) is 5.92 Å². The third-order valence-electron chi connectivity index (χ3n) is 3.09. The summed E-state index contributed by atoms with van der Waals surface area (Å²) in [4.78, 5) is 0. The summed E-state index contributed by atoms with van der Waals surface area (Å²) in [5.74, 6) is 0.997. The number of nitrogens with zero attached hydrogens (tertiary/aromatic N) is 1. The van der Waals surface area contributed by atoms with Gasteiger partial charge in [0.2, 0.25) is 5.88 Å². The Morgan fingerprint density at radius 1 is 1.29 bits per heavy atom. The van der Waals surface area contributed by atoms with Gasteiger partial charge in [0.1, 0.15) is 0 Å². The van der Waals surface area contributed by atoms with Gasteiger partial charge in [-0.25, -0.2) is 0 Å². The van der Waals surface area contributed by atoms with Gasteiger partial charge in [0.25, 0.3) is 0 Å². The van der Waals surface area contributed by atoms with Crippen molar-refractivity contribution in [2.45, 2.75) is 26.7 Å².